The second-order valence-electron chi connectivity index (χ2n) is 4.33. The van der Waals surface area contributed by atoms with E-state index in [1.807, 2.05) is 18.9 Å². The maximum Gasteiger partial charge on any atom is 0.239 e. The number of hydrogen-bond acceptors (Lipinski definition) is 3. The highest BCUT2D eigenvalue weighted by molar-refractivity contribution is 5.81. The van der Waals surface area contributed by atoms with Crippen molar-refractivity contribution in [2.24, 2.45) is 5.73 Å². The second kappa shape index (κ2) is 6.08. The van der Waals surface area contributed by atoms with Crippen LogP contribution in [0.1, 0.15) is 26.2 Å². The van der Waals surface area contributed by atoms with Gasteiger partial charge in [-0.05, 0) is 46.3 Å². The van der Waals surface area contributed by atoms with Gasteiger partial charge in [-0.2, -0.15) is 0 Å². The van der Waals surface area contributed by atoms with Crippen LogP contribution in [0.4, 0.5) is 0 Å². The van der Waals surface area contributed by atoms with Crippen LogP contribution in [-0.4, -0.2) is 55.0 Å². The maximum atomic E-state index is 12.0. The van der Waals surface area contributed by atoms with E-state index in [0.717, 1.165) is 38.9 Å². The van der Waals surface area contributed by atoms with E-state index in [4.69, 9.17) is 5.73 Å². The highest BCUT2D eigenvalue weighted by Crippen LogP contribution is 2.11. The molecule has 1 atom stereocenters. The topological polar surface area (TPSA) is 49.6 Å². The highest BCUT2D eigenvalue weighted by atomic mass is 16.2. The standard InChI is InChI=1S/C11H23N3O/c1-10(13(2)7-5-6-12)11(15)14-8-3-4-9-14/h10H,3-9,12H2,1-2H3. The van der Waals surface area contributed by atoms with Crippen molar-refractivity contribution in [1.82, 2.24) is 9.80 Å². The lowest BCUT2D eigenvalue weighted by Gasteiger charge is -2.27. The average Bonchev–Trinajstić information content (AvgIpc) is 2.77. The van der Waals surface area contributed by atoms with Crippen molar-refractivity contribution < 1.29 is 4.79 Å². The molecule has 0 aromatic heterocycles. The van der Waals surface area contributed by atoms with E-state index >= 15 is 0 Å². The molecule has 0 saturated carbocycles. The Morgan fingerprint density at radius 2 is 2.07 bits per heavy atom. The number of hydrogen-bond donors (Lipinski definition) is 1. The molecule has 1 fully saturated rings. The van der Waals surface area contributed by atoms with Crippen molar-refractivity contribution in [2.45, 2.75) is 32.2 Å². The predicted molar refractivity (Wildman–Crippen MR) is 61.6 cm³/mol. The molecular formula is C11H23N3O. The normalized spacial score (nSPS) is 18.5. The third-order valence-electron chi connectivity index (χ3n) is 3.15. The first kappa shape index (κ1) is 12.5. The summed E-state index contributed by atoms with van der Waals surface area (Å²) in [5.41, 5.74) is 5.45. The largest absolute Gasteiger partial charge is 0.341 e. The van der Waals surface area contributed by atoms with E-state index in [2.05, 4.69) is 4.90 Å². The molecule has 1 saturated heterocycles. The number of likely N-dealkylation sites (tertiary alicyclic amines) is 1. The smallest absolute Gasteiger partial charge is 0.239 e. The third-order valence-corrected chi connectivity index (χ3v) is 3.15. The molecule has 0 aromatic carbocycles. The summed E-state index contributed by atoms with van der Waals surface area (Å²) in [6, 6.07) is -0.00495. The van der Waals surface area contributed by atoms with Crippen LogP contribution in [0.25, 0.3) is 0 Å². The zero-order chi connectivity index (χ0) is 11.3. The second-order valence-corrected chi connectivity index (χ2v) is 4.33. The molecule has 0 bridgehead atoms. The fourth-order valence-corrected chi connectivity index (χ4v) is 1.92. The van der Waals surface area contributed by atoms with Crippen LogP contribution in [0.5, 0.6) is 0 Å². The van der Waals surface area contributed by atoms with E-state index in [1.54, 1.807) is 0 Å². The van der Waals surface area contributed by atoms with Crippen molar-refractivity contribution in [3.63, 3.8) is 0 Å². The molecule has 4 nitrogen and oxygen atoms in total. The minimum atomic E-state index is -0.00495. The van der Waals surface area contributed by atoms with Gasteiger partial charge in [-0.15, -0.1) is 0 Å². The summed E-state index contributed by atoms with van der Waals surface area (Å²) in [4.78, 5) is 16.1. The van der Waals surface area contributed by atoms with Gasteiger partial charge < -0.3 is 10.6 Å². The van der Waals surface area contributed by atoms with Gasteiger partial charge in [-0.1, -0.05) is 0 Å². The fourth-order valence-electron chi connectivity index (χ4n) is 1.92. The number of carbonyl (C=O) groups is 1. The van der Waals surface area contributed by atoms with Crippen LogP contribution in [0.15, 0.2) is 0 Å². The fraction of sp³-hybridized carbons (Fsp3) is 0.909. The summed E-state index contributed by atoms with van der Waals surface area (Å²) in [6.45, 7) is 5.45. The monoisotopic (exact) mass is 213 g/mol. The van der Waals surface area contributed by atoms with E-state index in [9.17, 15) is 4.79 Å². The quantitative estimate of drug-likeness (QED) is 0.713. The number of rotatable bonds is 5. The summed E-state index contributed by atoms with van der Waals surface area (Å²) in [7, 11) is 1.99. The van der Waals surface area contributed by atoms with Crippen LogP contribution in [-0.2, 0) is 4.79 Å². The van der Waals surface area contributed by atoms with Gasteiger partial charge in [0.05, 0.1) is 6.04 Å². The Balaban J connectivity index is 2.36. The van der Waals surface area contributed by atoms with E-state index in [0.29, 0.717) is 6.54 Å². The first-order valence-electron chi connectivity index (χ1n) is 5.86. The van der Waals surface area contributed by atoms with Gasteiger partial charge in [0, 0.05) is 13.1 Å². The molecule has 1 heterocycles. The van der Waals surface area contributed by atoms with Gasteiger partial charge in [-0.3, -0.25) is 9.69 Å². The Hall–Kier alpha value is -0.610. The first-order chi connectivity index (χ1) is 7.16. The molecule has 1 amide bonds. The molecule has 4 heteroatoms. The van der Waals surface area contributed by atoms with Gasteiger partial charge in [0.15, 0.2) is 0 Å². The molecule has 2 N–H and O–H groups in total. The average molecular weight is 213 g/mol. The van der Waals surface area contributed by atoms with E-state index in [-0.39, 0.29) is 11.9 Å². The predicted octanol–water partition coefficient (Wildman–Crippen LogP) is 0.278. The number of likely N-dealkylation sites (N-methyl/N-ethyl adjacent to an activating group) is 1. The number of nitrogens with zero attached hydrogens (tertiary/aromatic N) is 2. The summed E-state index contributed by atoms with van der Waals surface area (Å²) < 4.78 is 0. The van der Waals surface area contributed by atoms with Crippen LogP contribution < -0.4 is 5.73 Å². The first-order valence-corrected chi connectivity index (χ1v) is 5.86. The third kappa shape index (κ3) is 3.47. The van der Waals surface area contributed by atoms with Crippen LogP contribution in [0.3, 0.4) is 0 Å². The van der Waals surface area contributed by atoms with Gasteiger partial charge in [0.1, 0.15) is 0 Å². The molecule has 0 aliphatic carbocycles. The molecule has 0 aromatic rings. The Kier molecular flexibility index (Phi) is 5.05. The molecule has 88 valence electrons. The minimum Gasteiger partial charge on any atom is -0.341 e. The molecule has 1 rings (SSSR count). The molecule has 1 aliphatic heterocycles. The maximum absolute atomic E-state index is 12.0. The Bertz CT molecular complexity index is 202. The number of amides is 1. The minimum absolute atomic E-state index is 0.00495. The van der Waals surface area contributed by atoms with Crippen LogP contribution in [0, 0.1) is 0 Å². The van der Waals surface area contributed by atoms with Crippen molar-refractivity contribution in [2.75, 3.05) is 33.2 Å². The lowest BCUT2D eigenvalue weighted by Crippen LogP contribution is -2.45. The summed E-state index contributed by atoms with van der Waals surface area (Å²) in [5, 5.41) is 0. The summed E-state index contributed by atoms with van der Waals surface area (Å²) in [6.07, 6.45) is 3.27. The lowest BCUT2D eigenvalue weighted by molar-refractivity contribution is -0.134. The molecule has 15 heavy (non-hydrogen) atoms. The SMILES string of the molecule is CC(C(=O)N1CCCC1)N(C)CCCN. The zero-order valence-electron chi connectivity index (χ0n) is 9.91. The van der Waals surface area contributed by atoms with Crippen LogP contribution in [0.2, 0.25) is 0 Å². The number of carbonyl (C=O) groups excluding carboxylic acids is 1. The molecule has 0 spiro atoms. The zero-order valence-corrected chi connectivity index (χ0v) is 9.91. The Morgan fingerprint density at radius 3 is 2.60 bits per heavy atom. The van der Waals surface area contributed by atoms with Crippen molar-refractivity contribution in [3.8, 4) is 0 Å². The molecular weight excluding hydrogens is 190 g/mol. The Labute approximate surface area is 92.4 Å². The summed E-state index contributed by atoms with van der Waals surface area (Å²) in [5.74, 6) is 0.270. The molecule has 1 unspecified atom stereocenters. The number of nitrogens with two attached hydrogens (primary N) is 1. The van der Waals surface area contributed by atoms with Crippen molar-refractivity contribution >= 4 is 5.91 Å². The highest BCUT2D eigenvalue weighted by Gasteiger charge is 2.25. The van der Waals surface area contributed by atoms with E-state index < -0.39 is 0 Å². The van der Waals surface area contributed by atoms with Gasteiger partial charge in [0.25, 0.3) is 0 Å². The Morgan fingerprint density at radius 1 is 1.47 bits per heavy atom. The van der Waals surface area contributed by atoms with Crippen molar-refractivity contribution in [3.05, 3.63) is 0 Å². The van der Waals surface area contributed by atoms with Gasteiger partial charge in [-0.25, -0.2) is 0 Å². The van der Waals surface area contributed by atoms with E-state index in [1.165, 1.54) is 0 Å². The molecule has 1 aliphatic rings. The lowest BCUT2D eigenvalue weighted by atomic mass is 10.2. The molecule has 0 radical (unpaired) electrons. The van der Waals surface area contributed by atoms with Crippen LogP contribution >= 0.6 is 0 Å². The van der Waals surface area contributed by atoms with Gasteiger partial charge in [0.2, 0.25) is 5.91 Å². The van der Waals surface area contributed by atoms with Crippen molar-refractivity contribution in [1.29, 1.82) is 0 Å². The summed E-state index contributed by atoms with van der Waals surface area (Å²) >= 11 is 0. The van der Waals surface area contributed by atoms with Gasteiger partial charge >= 0.3 is 0 Å².